The average molecular weight is 340 g/mol. The maximum absolute atomic E-state index is 9.91. The maximum Gasteiger partial charge on any atom is 0.0874 e. The van der Waals surface area contributed by atoms with Gasteiger partial charge in [-0.05, 0) is 16.7 Å². The van der Waals surface area contributed by atoms with Crippen LogP contribution in [-0.4, -0.2) is 10.9 Å². The molecule has 0 bridgehead atoms. The fourth-order valence-corrected chi connectivity index (χ4v) is 3.24. The number of oxime groups is 1. The Labute approximate surface area is 153 Å². The molecule has 0 unspecified atom stereocenters. The molecule has 3 nitrogen and oxygen atoms in total. The van der Waals surface area contributed by atoms with E-state index in [1.807, 2.05) is 91.0 Å². The Morgan fingerprint density at radius 2 is 1.31 bits per heavy atom. The van der Waals surface area contributed by atoms with Crippen molar-refractivity contribution in [2.24, 2.45) is 5.16 Å². The second-order valence-corrected chi connectivity index (χ2v) is 6.15. The number of nitriles is 1. The summed E-state index contributed by atoms with van der Waals surface area (Å²) in [7, 11) is 0. The van der Waals surface area contributed by atoms with Crippen LogP contribution in [-0.2, 0) is 0 Å². The lowest BCUT2D eigenvalue weighted by Crippen LogP contribution is -2.15. The van der Waals surface area contributed by atoms with E-state index >= 15 is 0 Å². The van der Waals surface area contributed by atoms with Crippen LogP contribution >= 0.6 is 0 Å². The molecule has 0 aliphatic heterocycles. The number of nitrogens with zero attached hydrogens (tertiary/aromatic N) is 2. The molecule has 0 aromatic heterocycles. The molecule has 0 aliphatic carbocycles. The van der Waals surface area contributed by atoms with Gasteiger partial charge in [-0.1, -0.05) is 96.2 Å². The molecule has 0 saturated carbocycles. The molecular weight excluding hydrogens is 320 g/mol. The van der Waals surface area contributed by atoms with Crippen molar-refractivity contribution in [3.8, 4) is 6.07 Å². The van der Waals surface area contributed by atoms with Crippen LogP contribution in [0.2, 0.25) is 0 Å². The first-order chi connectivity index (χ1) is 12.8. The van der Waals surface area contributed by atoms with E-state index in [0.717, 1.165) is 16.7 Å². The largest absolute Gasteiger partial charge is 0.411 e. The molecule has 0 radical (unpaired) electrons. The summed E-state index contributed by atoms with van der Waals surface area (Å²) >= 11 is 0. The van der Waals surface area contributed by atoms with Crippen LogP contribution in [0, 0.1) is 11.3 Å². The lowest BCUT2D eigenvalue weighted by molar-refractivity contribution is 0.317. The molecule has 26 heavy (non-hydrogen) atoms. The summed E-state index contributed by atoms with van der Waals surface area (Å²) in [6, 6.07) is 31.8. The van der Waals surface area contributed by atoms with Crippen LogP contribution in [0.1, 0.15) is 34.9 Å². The highest BCUT2D eigenvalue weighted by Gasteiger charge is 2.27. The number of hydrogen-bond donors (Lipinski definition) is 1. The van der Waals surface area contributed by atoms with Gasteiger partial charge in [-0.3, -0.25) is 0 Å². The van der Waals surface area contributed by atoms with Gasteiger partial charge in [-0.15, -0.1) is 0 Å². The predicted octanol–water partition coefficient (Wildman–Crippen LogP) is 5.35. The molecule has 0 saturated heterocycles. The third-order valence-corrected chi connectivity index (χ3v) is 4.57. The van der Waals surface area contributed by atoms with E-state index in [4.69, 9.17) is 0 Å². The Hall–Kier alpha value is -3.38. The highest BCUT2D eigenvalue weighted by molar-refractivity contribution is 6.00. The second kappa shape index (κ2) is 8.64. The number of rotatable bonds is 6. The van der Waals surface area contributed by atoms with Gasteiger partial charge in [-0.2, -0.15) is 5.26 Å². The number of hydrogen-bond acceptors (Lipinski definition) is 3. The van der Waals surface area contributed by atoms with E-state index in [9.17, 15) is 10.5 Å². The van der Waals surface area contributed by atoms with Crippen molar-refractivity contribution in [2.45, 2.75) is 18.3 Å². The van der Waals surface area contributed by atoms with E-state index in [-0.39, 0.29) is 11.8 Å². The summed E-state index contributed by atoms with van der Waals surface area (Å²) in [5, 5.41) is 23.1. The smallest absolute Gasteiger partial charge is 0.0874 e. The first kappa shape index (κ1) is 17.4. The van der Waals surface area contributed by atoms with Crippen molar-refractivity contribution in [3.05, 3.63) is 108 Å². The Kier molecular flexibility index (Phi) is 5.80. The Morgan fingerprint density at radius 3 is 1.81 bits per heavy atom. The van der Waals surface area contributed by atoms with Gasteiger partial charge in [0.05, 0.1) is 17.7 Å². The third kappa shape index (κ3) is 3.99. The highest BCUT2D eigenvalue weighted by atomic mass is 16.4. The minimum atomic E-state index is -0.334. The van der Waals surface area contributed by atoms with Crippen molar-refractivity contribution in [3.63, 3.8) is 0 Å². The molecule has 0 aliphatic rings. The van der Waals surface area contributed by atoms with E-state index in [1.54, 1.807) is 0 Å². The summed E-state index contributed by atoms with van der Waals surface area (Å²) in [6.45, 7) is 0. The van der Waals surface area contributed by atoms with Crippen LogP contribution < -0.4 is 0 Å². The van der Waals surface area contributed by atoms with Gasteiger partial charge in [0.1, 0.15) is 0 Å². The van der Waals surface area contributed by atoms with E-state index in [1.165, 1.54) is 0 Å². The summed E-state index contributed by atoms with van der Waals surface area (Å²) in [5.41, 5.74) is 3.46. The molecule has 3 aromatic rings. The normalized spacial score (nSPS) is 13.6. The maximum atomic E-state index is 9.91. The SMILES string of the molecule is N#C[C@@H](c1ccccc1)[C@@H](C/C(=N\O)c1ccccc1)c1ccccc1. The molecule has 128 valence electrons. The molecule has 2 atom stereocenters. The standard InChI is InChI=1S/C23H20N2O/c24-17-22(19-12-6-2-7-13-19)21(18-10-4-1-5-11-18)16-23(25-26)20-14-8-3-9-15-20/h1-15,21-22,26H,16H2/b25-23+/t21-,22-/m0/s1. The van der Waals surface area contributed by atoms with Crippen molar-refractivity contribution >= 4 is 5.71 Å². The van der Waals surface area contributed by atoms with Crippen LogP contribution in [0.5, 0.6) is 0 Å². The minimum Gasteiger partial charge on any atom is -0.411 e. The van der Waals surface area contributed by atoms with Crippen molar-refractivity contribution < 1.29 is 5.21 Å². The monoisotopic (exact) mass is 340 g/mol. The zero-order valence-electron chi connectivity index (χ0n) is 14.4. The van der Waals surface area contributed by atoms with Gasteiger partial charge in [0.15, 0.2) is 0 Å². The summed E-state index contributed by atoms with van der Waals surface area (Å²) in [6.07, 6.45) is 0.470. The van der Waals surface area contributed by atoms with Gasteiger partial charge in [-0.25, -0.2) is 0 Å². The molecule has 0 spiro atoms. The minimum absolute atomic E-state index is 0.116. The Morgan fingerprint density at radius 1 is 0.808 bits per heavy atom. The number of benzene rings is 3. The summed E-state index contributed by atoms with van der Waals surface area (Å²) in [5.74, 6) is -0.450. The second-order valence-electron chi connectivity index (χ2n) is 6.15. The van der Waals surface area contributed by atoms with Crippen LogP contribution in [0.4, 0.5) is 0 Å². The fourth-order valence-electron chi connectivity index (χ4n) is 3.24. The molecule has 0 fully saturated rings. The van der Waals surface area contributed by atoms with Crippen molar-refractivity contribution in [1.29, 1.82) is 5.26 Å². The van der Waals surface area contributed by atoms with Crippen LogP contribution in [0.3, 0.4) is 0 Å². The lowest BCUT2D eigenvalue weighted by Gasteiger charge is -2.23. The lowest BCUT2D eigenvalue weighted by atomic mass is 9.78. The fraction of sp³-hybridized carbons (Fsp3) is 0.130. The zero-order chi connectivity index (χ0) is 18.2. The Bertz CT molecular complexity index is 884. The average Bonchev–Trinajstić information content (AvgIpc) is 2.73. The molecule has 3 heteroatoms. The summed E-state index contributed by atoms with van der Waals surface area (Å²) < 4.78 is 0. The first-order valence-electron chi connectivity index (χ1n) is 8.59. The van der Waals surface area contributed by atoms with E-state index < -0.39 is 0 Å². The van der Waals surface area contributed by atoms with Crippen LogP contribution in [0.25, 0.3) is 0 Å². The molecular formula is C23H20N2O. The predicted molar refractivity (Wildman–Crippen MR) is 103 cm³/mol. The van der Waals surface area contributed by atoms with Crippen molar-refractivity contribution in [1.82, 2.24) is 0 Å². The summed E-state index contributed by atoms with van der Waals surface area (Å²) in [4.78, 5) is 0. The van der Waals surface area contributed by atoms with Gasteiger partial charge in [0, 0.05) is 12.3 Å². The third-order valence-electron chi connectivity index (χ3n) is 4.57. The van der Waals surface area contributed by atoms with Gasteiger partial charge >= 0.3 is 0 Å². The highest BCUT2D eigenvalue weighted by Crippen LogP contribution is 2.36. The topological polar surface area (TPSA) is 56.4 Å². The van der Waals surface area contributed by atoms with Gasteiger partial charge < -0.3 is 5.21 Å². The van der Waals surface area contributed by atoms with E-state index in [2.05, 4.69) is 11.2 Å². The quantitative estimate of drug-likeness (QED) is 0.374. The molecule has 3 aromatic carbocycles. The zero-order valence-corrected chi connectivity index (χ0v) is 14.4. The first-order valence-corrected chi connectivity index (χ1v) is 8.59. The van der Waals surface area contributed by atoms with Gasteiger partial charge in [0.2, 0.25) is 0 Å². The van der Waals surface area contributed by atoms with Crippen LogP contribution in [0.15, 0.2) is 96.2 Å². The molecule has 0 amide bonds. The van der Waals surface area contributed by atoms with Gasteiger partial charge in [0.25, 0.3) is 0 Å². The van der Waals surface area contributed by atoms with Crippen molar-refractivity contribution in [2.75, 3.05) is 0 Å². The molecule has 3 rings (SSSR count). The molecule has 1 N–H and O–H groups in total. The molecule has 0 heterocycles. The Balaban J connectivity index is 2.00. The van der Waals surface area contributed by atoms with E-state index in [0.29, 0.717) is 12.1 Å².